The molecule has 0 saturated carbocycles. The molecular formula is C12H16BrF. The number of alkyl halides is 1. The van der Waals surface area contributed by atoms with Crippen LogP contribution in [-0.4, -0.2) is 4.83 Å². The van der Waals surface area contributed by atoms with Crippen molar-refractivity contribution in [3.63, 3.8) is 0 Å². The number of halogens is 2. The van der Waals surface area contributed by atoms with E-state index < -0.39 is 0 Å². The number of rotatable bonds is 4. The lowest BCUT2D eigenvalue weighted by molar-refractivity contribution is 0.569. The van der Waals surface area contributed by atoms with Gasteiger partial charge in [-0.3, -0.25) is 0 Å². The summed E-state index contributed by atoms with van der Waals surface area (Å²) in [6.45, 7) is 4.39. The SMILES string of the molecule is CC(C)CC(Br)Cc1cccc(F)c1. The molecule has 1 aromatic carbocycles. The fraction of sp³-hybridized carbons (Fsp3) is 0.500. The van der Waals surface area contributed by atoms with E-state index >= 15 is 0 Å². The Morgan fingerprint density at radius 1 is 1.36 bits per heavy atom. The first-order valence-corrected chi connectivity index (χ1v) is 5.88. The highest BCUT2D eigenvalue weighted by atomic mass is 79.9. The Balaban J connectivity index is 2.51. The van der Waals surface area contributed by atoms with Gasteiger partial charge in [-0.2, -0.15) is 0 Å². The van der Waals surface area contributed by atoms with Crippen LogP contribution in [0, 0.1) is 11.7 Å². The Hall–Kier alpha value is -0.370. The number of benzene rings is 1. The van der Waals surface area contributed by atoms with E-state index in [1.165, 1.54) is 6.07 Å². The van der Waals surface area contributed by atoms with Gasteiger partial charge in [0.05, 0.1) is 0 Å². The van der Waals surface area contributed by atoms with Crippen LogP contribution < -0.4 is 0 Å². The molecule has 0 aliphatic heterocycles. The van der Waals surface area contributed by atoms with E-state index in [4.69, 9.17) is 0 Å². The second kappa shape index (κ2) is 5.50. The van der Waals surface area contributed by atoms with Crippen LogP contribution in [0.3, 0.4) is 0 Å². The first kappa shape index (κ1) is 11.7. The zero-order valence-corrected chi connectivity index (χ0v) is 10.2. The van der Waals surface area contributed by atoms with Gasteiger partial charge in [-0.25, -0.2) is 4.39 Å². The lowest BCUT2D eigenvalue weighted by atomic mass is 10.0. The minimum absolute atomic E-state index is 0.147. The Bertz CT molecular complexity index is 283. The van der Waals surface area contributed by atoms with Crippen LogP contribution in [0.25, 0.3) is 0 Å². The van der Waals surface area contributed by atoms with Gasteiger partial charge in [-0.05, 0) is 36.5 Å². The average molecular weight is 259 g/mol. The van der Waals surface area contributed by atoms with E-state index in [2.05, 4.69) is 29.8 Å². The van der Waals surface area contributed by atoms with Gasteiger partial charge in [-0.15, -0.1) is 0 Å². The fourth-order valence-electron chi connectivity index (χ4n) is 1.51. The second-order valence-electron chi connectivity index (χ2n) is 4.06. The molecule has 0 saturated heterocycles. The number of hydrogen-bond donors (Lipinski definition) is 0. The summed E-state index contributed by atoms with van der Waals surface area (Å²) in [5, 5.41) is 0. The van der Waals surface area contributed by atoms with Crippen molar-refractivity contribution in [2.75, 3.05) is 0 Å². The Morgan fingerprint density at radius 2 is 2.07 bits per heavy atom. The van der Waals surface area contributed by atoms with E-state index in [-0.39, 0.29) is 5.82 Å². The van der Waals surface area contributed by atoms with Crippen molar-refractivity contribution >= 4 is 15.9 Å². The summed E-state index contributed by atoms with van der Waals surface area (Å²) in [6.07, 6.45) is 2.02. The Morgan fingerprint density at radius 3 is 2.64 bits per heavy atom. The molecule has 0 bridgehead atoms. The molecule has 0 aromatic heterocycles. The van der Waals surface area contributed by atoms with Crippen LogP contribution >= 0.6 is 15.9 Å². The summed E-state index contributed by atoms with van der Waals surface area (Å²) in [4.78, 5) is 0.448. The van der Waals surface area contributed by atoms with E-state index in [0.717, 1.165) is 18.4 Å². The van der Waals surface area contributed by atoms with Gasteiger partial charge in [0.15, 0.2) is 0 Å². The summed E-state index contributed by atoms with van der Waals surface area (Å²) in [7, 11) is 0. The minimum atomic E-state index is -0.147. The van der Waals surface area contributed by atoms with Crippen molar-refractivity contribution < 1.29 is 4.39 Å². The van der Waals surface area contributed by atoms with Crippen molar-refractivity contribution in [2.24, 2.45) is 5.92 Å². The third-order valence-corrected chi connectivity index (χ3v) is 2.77. The van der Waals surface area contributed by atoms with Crippen LogP contribution in [0.15, 0.2) is 24.3 Å². The van der Waals surface area contributed by atoms with Crippen molar-refractivity contribution in [1.29, 1.82) is 0 Å². The van der Waals surface area contributed by atoms with E-state index in [9.17, 15) is 4.39 Å². The molecule has 0 amide bonds. The fourth-order valence-corrected chi connectivity index (χ4v) is 2.64. The van der Waals surface area contributed by atoms with Crippen molar-refractivity contribution in [3.05, 3.63) is 35.6 Å². The molecule has 1 rings (SSSR count). The topological polar surface area (TPSA) is 0 Å². The van der Waals surface area contributed by atoms with Gasteiger partial charge in [0.25, 0.3) is 0 Å². The standard InChI is InChI=1S/C12H16BrF/c1-9(2)6-11(13)7-10-4-3-5-12(14)8-10/h3-5,8-9,11H,6-7H2,1-2H3. The smallest absolute Gasteiger partial charge is 0.123 e. The maximum absolute atomic E-state index is 12.9. The molecule has 1 aromatic rings. The van der Waals surface area contributed by atoms with Gasteiger partial charge in [0, 0.05) is 4.83 Å². The molecule has 14 heavy (non-hydrogen) atoms. The van der Waals surface area contributed by atoms with E-state index in [1.54, 1.807) is 12.1 Å². The molecule has 0 nitrogen and oxygen atoms in total. The third kappa shape index (κ3) is 4.23. The summed E-state index contributed by atoms with van der Waals surface area (Å²) in [5.74, 6) is 0.527. The monoisotopic (exact) mass is 258 g/mol. The van der Waals surface area contributed by atoms with Crippen LogP contribution in [0.2, 0.25) is 0 Å². The molecule has 78 valence electrons. The number of hydrogen-bond acceptors (Lipinski definition) is 0. The summed E-state index contributed by atoms with van der Waals surface area (Å²) in [6, 6.07) is 6.82. The van der Waals surface area contributed by atoms with Crippen LogP contribution in [0.4, 0.5) is 4.39 Å². The summed E-state index contributed by atoms with van der Waals surface area (Å²) >= 11 is 3.62. The van der Waals surface area contributed by atoms with E-state index in [1.807, 2.05) is 6.07 Å². The maximum atomic E-state index is 12.9. The van der Waals surface area contributed by atoms with Crippen molar-refractivity contribution in [3.8, 4) is 0 Å². The molecular weight excluding hydrogens is 243 g/mol. The zero-order valence-electron chi connectivity index (χ0n) is 8.63. The third-order valence-electron chi connectivity index (χ3n) is 2.07. The van der Waals surface area contributed by atoms with Crippen LogP contribution in [0.5, 0.6) is 0 Å². The maximum Gasteiger partial charge on any atom is 0.123 e. The second-order valence-corrected chi connectivity index (χ2v) is 5.36. The predicted octanol–water partition coefficient (Wildman–Crippen LogP) is 4.18. The molecule has 1 atom stereocenters. The minimum Gasteiger partial charge on any atom is -0.207 e. The predicted molar refractivity (Wildman–Crippen MR) is 62.3 cm³/mol. The highest BCUT2D eigenvalue weighted by Crippen LogP contribution is 2.18. The van der Waals surface area contributed by atoms with Crippen LogP contribution in [-0.2, 0) is 6.42 Å². The Labute approximate surface area is 93.7 Å². The quantitative estimate of drug-likeness (QED) is 0.711. The van der Waals surface area contributed by atoms with Crippen molar-refractivity contribution in [1.82, 2.24) is 0 Å². The largest absolute Gasteiger partial charge is 0.207 e. The zero-order chi connectivity index (χ0) is 10.6. The highest BCUT2D eigenvalue weighted by molar-refractivity contribution is 9.09. The molecule has 1 unspecified atom stereocenters. The Kier molecular flexibility index (Phi) is 4.59. The van der Waals surface area contributed by atoms with Gasteiger partial charge < -0.3 is 0 Å². The van der Waals surface area contributed by atoms with Gasteiger partial charge in [0.1, 0.15) is 5.82 Å². The van der Waals surface area contributed by atoms with Gasteiger partial charge >= 0.3 is 0 Å². The summed E-state index contributed by atoms with van der Waals surface area (Å²) in [5.41, 5.74) is 1.06. The molecule has 0 fully saturated rings. The van der Waals surface area contributed by atoms with Crippen LogP contribution in [0.1, 0.15) is 25.8 Å². The van der Waals surface area contributed by atoms with Gasteiger partial charge in [0.2, 0.25) is 0 Å². The lowest BCUT2D eigenvalue weighted by Gasteiger charge is -2.12. The lowest BCUT2D eigenvalue weighted by Crippen LogP contribution is -2.06. The van der Waals surface area contributed by atoms with Gasteiger partial charge in [-0.1, -0.05) is 41.9 Å². The molecule has 0 aliphatic rings. The summed E-state index contributed by atoms with van der Waals surface area (Å²) < 4.78 is 12.9. The van der Waals surface area contributed by atoms with Crippen molar-refractivity contribution in [2.45, 2.75) is 31.5 Å². The average Bonchev–Trinajstić information content (AvgIpc) is 2.01. The van der Waals surface area contributed by atoms with E-state index in [0.29, 0.717) is 10.7 Å². The molecule has 0 spiro atoms. The molecule has 2 heteroatoms. The molecule has 0 heterocycles. The highest BCUT2D eigenvalue weighted by Gasteiger charge is 2.08. The normalized spacial score (nSPS) is 13.2. The molecule has 0 radical (unpaired) electrons. The first-order valence-electron chi connectivity index (χ1n) is 4.96. The first-order chi connectivity index (χ1) is 6.58. The molecule has 0 N–H and O–H groups in total. The molecule has 0 aliphatic carbocycles.